The molecule has 0 aliphatic carbocycles. The van der Waals surface area contributed by atoms with Gasteiger partial charge in [-0.1, -0.05) is 0 Å². The van der Waals surface area contributed by atoms with E-state index in [-0.39, 0.29) is 12.4 Å². The second-order valence-corrected chi connectivity index (χ2v) is 5.34. The molecule has 0 saturated heterocycles. The Morgan fingerprint density at radius 1 is 1.12 bits per heavy atom. The summed E-state index contributed by atoms with van der Waals surface area (Å²) in [6.07, 6.45) is 1.47. The summed E-state index contributed by atoms with van der Waals surface area (Å²) in [7, 11) is 3.06. The van der Waals surface area contributed by atoms with E-state index in [4.69, 9.17) is 18.9 Å². The van der Waals surface area contributed by atoms with Crippen molar-refractivity contribution in [3.8, 4) is 29.1 Å². The van der Waals surface area contributed by atoms with Crippen LogP contribution in [0.3, 0.4) is 0 Å². The number of anilines is 1. The van der Waals surface area contributed by atoms with Gasteiger partial charge in [0.05, 0.1) is 14.2 Å². The first-order valence-electron chi connectivity index (χ1n) is 7.69. The lowest BCUT2D eigenvalue weighted by atomic mass is 10.1. The smallest absolute Gasteiger partial charge is 0.266 e. The first-order valence-corrected chi connectivity index (χ1v) is 7.69. The second kappa shape index (κ2) is 7.49. The fraction of sp³-hybridized carbons (Fsp3) is 0.158. The Morgan fingerprint density at radius 2 is 1.81 bits per heavy atom. The summed E-state index contributed by atoms with van der Waals surface area (Å²) in [6, 6.07) is 12.0. The summed E-state index contributed by atoms with van der Waals surface area (Å²) in [5.74, 6) is 1.74. The molecule has 0 atom stereocenters. The van der Waals surface area contributed by atoms with Gasteiger partial charge in [0.1, 0.15) is 23.1 Å². The quantitative estimate of drug-likeness (QED) is 0.657. The van der Waals surface area contributed by atoms with E-state index in [1.165, 1.54) is 20.3 Å². The maximum absolute atomic E-state index is 12.4. The number of nitrogens with one attached hydrogen (secondary N) is 1. The van der Waals surface area contributed by atoms with E-state index >= 15 is 0 Å². The zero-order chi connectivity index (χ0) is 18.5. The molecule has 1 aliphatic rings. The molecular weight excluding hydrogens is 336 g/mol. The van der Waals surface area contributed by atoms with Crippen LogP contribution >= 0.6 is 0 Å². The molecule has 0 aromatic heterocycles. The molecule has 1 heterocycles. The van der Waals surface area contributed by atoms with Gasteiger partial charge in [-0.05, 0) is 35.9 Å². The number of carbonyl (C=O) groups is 1. The van der Waals surface area contributed by atoms with Crippen LogP contribution in [0.1, 0.15) is 5.56 Å². The normalized spacial score (nSPS) is 12.3. The van der Waals surface area contributed by atoms with Crippen LogP contribution in [0.4, 0.5) is 5.69 Å². The fourth-order valence-electron chi connectivity index (χ4n) is 2.40. The average molecular weight is 352 g/mol. The SMILES string of the molecule is COc1cc(/C=C(\C#N)C(=O)Nc2ccc3c(c2)OCO3)cc(OC)c1. The van der Waals surface area contributed by atoms with Crippen LogP contribution in [-0.4, -0.2) is 26.9 Å². The first-order chi connectivity index (χ1) is 12.6. The number of fused-ring (bicyclic) bond motifs is 1. The lowest BCUT2D eigenvalue weighted by Crippen LogP contribution is -2.13. The monoisotopic (exact) mass is 352 g/mol. The predicted octanol–water partition coefficient (Wildman–Crippen LogP) is 2.98. The van der Waals surface area contributed by atoms with Crippen molar-refractivity contribution in [2.75, 3.05) is 26.3 Å². The van der Waals surface area contributed by atoms with E-state index in [1.807, 2.05) is 6.07 Å². The molecular formula is C19H16N2O5. The van der Waals surface area contributed by atoms with Gasteiger partial charge in [-0.25, -0.2) is 0 Å². The lowest BCUT2D eigenvalue weighted by molar-refractivity contribution is -0.112. The first kappa shape index (κ1) is 17.2. The molecule has 1 N–H and O–H groups in total. The highest BCUT2D eigenvalue weighted by Crippen LogP contribution is 2.34. The van der Waals surface area contributed by atoms with E-state index in [0.717, 1.165) is 0 Å². The largest absolute Gasteiger partial charge is 0.497 e. The van der Waals surface area contributed by atoms with Gasteiger partial charge in [-0.3, -0.25) is 4.79 Å². The van der Waals surface area contributed by atoms with Gasteiger partial charge in [-0.2, -0.15) is 5.26 Å². The molecule has 132 valence electrons. The van der Waals surface area contributed by atoms with Crippen molar-refractivity contribution < 1.29 is 23.7 Å². The van der Waals surface area contributed by atoms with E-state index in [1.54, 1.807) is 36.4 Å². The molecule has 26 heavy (non-hydrogen) atoms. The summed E-state index contributed by atoms with van der Waals surface area (Å²) < 4.78 is 20.9. The van der Waals surface area contributed by atoms with Crippen LogP contribution in [0.5, 0.6) is 23.0 Å². The Labute approximate surface area is 150 Å². The minimum absolute atomic E-state index is 0.0574. The summed E-state index contributed by atoms with van der Waals surface area (Å²) in [6.45, 7) is 0.147. The zero-order valence-corrected chi connectivity index (χ0v) is 14.2. The second-order valence-electron chi connectivity index (χ2n) is 5.34. The van der Waals surface area contributed by atoms with Crippen LogP contribution in [-0.2, 0) is 4.79 Å². The molecule has 7 heteroatoms. The number of carbonyl (C=O) groups excluding carboxylic acids is 1. The highest BCUT2D eigenvalue weighted by Gasteiger charge is 2.16. The number of benzene rings is 2. The van der Waals surface area contributed by atoms with E-state index in [0.29, 0.717) is 34.2 Å². The van der Waals surface area contributed by atoms with Crippen LogP contribution in [0.15, 0.2) is 42.0 Å². The third-order valence-corrected chi connectivity index (χ3v) is 3.68. The molecule has 0 unspecified atom stereocenters. The Morgan fingerprint density at radius 3 is 2.46 bits per heavy atom. The van der Waals surface area contributed by atoms with Gasteiger partial charge in [0.15, 0.2) is 11.5 Å². The van der Waals surface area contributed by atoms with Crippen LogP contribution < -0.4 is 24.3 Å². The van der Waals surface area contributed by atoms with Crippen LogP contribution in [0.25, 0.3) is 6.08 Å². The number of rotatable bonds is 5. The van der Waals surface area contributed by atoms with Gasteiger partial charge >= 0.3 is 0 Å². The highest BCUT2D eigenvalue weighted by molar-refractivity contribution is 6.09. The average Bonchev–Trinajstić information content (AvgIpc) is 3.13. The van der Waals surface area contributed by atoms with Crippen molar-refractivity contribution in [2.45, 2.75) is 0 Å². The van der Waals surface area contributed by atoms with Gasteiger partial charge in [-0.15, -0.1) is 0 Å². The third-order valence-electron chi connectivity index (χ3n) is 3.68. The molecule has 1 amide bonds. The van der Waals surface area contributed by atoms with E-state index in [9.17, 15) is 10.1 Å². The van der Waals surface area contributed by atoms with Gasteiger partial charge in [0.25, 0.3) is 5.91 Å². The zero-order valence-electron chi connectivity index (χ0n) is 14.2. The molecule has 0 saturated carbocycles. The fourth-order valence-corrected chi connectivity index (χ4v) is 2.40. The maximum Gasteiger partial charge on any atom is 0.266 e. The van der Waals surface area contributed by atoms with Gasteiger partial charge in [0, 0.05) is 17.8 Å². The van der Waals surface area contributed by atoms with Gasteiger partial charge in [0.2, 0.25) is 6.79 Å². The van der Waals surface area contributed by atoms with Crippen molar-refractivity contribution in [1.82, 2.24) is 0 Å². The van der Waals surface area contributed by atoms with Crippen LogP contribution in [0, 0.1) is 11.3 Å². The van der Waals surface area contributed by atoms with Crippen molar-refractivity contribution >= 4 is 17.7 Å². The Balaban J connectivity index is 1.83. The number of ether oxygens (including phenoxy) is 4. The number of hydrogen-bond donors (Lipinski definition) is 1. The number of hydrogen-bond acceptors (Lipinski definition) is 6. The summed E-state index contributed by atoms with van der Waals surface area (Å²) in [5, 5.41) is 12.0. The molecule has 2 aromatic carbocycles. The lowest BCUT2D eigenvalue weighted by Gasteiger charge is -2.07. The standard InChI is InChI=1S/C19H16N2O5/c1-23-15-6-12(7-16(9-15)24-2)5-13(10-20)19(22)21-14-3-4-17-18(8-14)26-11-25-17/h3-9H,11H2,1-2H3,(H,21,22)/b13-5+. The van der Waals surface area contributed by atoms with Crippen molar-refractivity contribution in [2.24, 2.45) is 0 Å². The molecule has 0 fully saturated rings. The van der Waals surface area contributed by atoms with E-state index < -0.39 is 5.91 Å². The maximum atomic E-state index is 12.4. The highest BCUT2D eigenvalue weighted by atomic mass is 16.7. The topological polar surface area (TPSA) is 89.8 Å². The Kier molecular flexibility index (Phi) is 4.94. The molecule has 0 radical (unpaired) electrons. The van der Waals surface area contributed by atoms with E-state index in [2.05, 4.69) is 5.32 Å². The molecule has 1 aliphatic heterocycles. The molecule has 0 bridgehead atoms. The third kappa shape index (κ3) is 3.70. The van der Waals surface area contributed by atoms with Crippen LogP contribution in [0.2, 0.25) is 0 Å². The Hall–Kier alpha value is -3.66. The number of methoxy groups -OCH3 is 2. The minimum Gasteiger partial charge on any atom is -0.497 e. The molecule has 7 nitrogen and oxygen atoms in total. The molecule has 3 rings (SSSR count). The number of nitrogens with zero attached hydrogens (tertiary/aromatic N) is 1. The summed E-state index contributed by atoms with van der Waals surface area (Å²) in [4.78, 5) is 12.4. The minimum atomic E-state index is -0.534. The van der Waals surface area contributed by atoms with Crippen molar-refractivity contribution in [3.05, 3.63) is 47.5 Å². The molecule has 0 spiro atoms. The van der Waals surface area contributed by atoms with Crippen molar-refractivity contribution in [3.63, 3.8) is 0 Å². The van der Waals surface area contributed by atoms with Gasteiger partial charge < -0.3 is 24.3 Å². The number of nitriles is 1. The number of amides is 1. The predicted molar refractivity (Wildman–Crippen MR) is 94.3 cm³/mol. The molecule has 2 aromatic rings. The summed E-state index contributed by atoms with van der Waals surface area (Å²) in [5.41, 5.74) is 1.06. The summed E-state index contributed by atoms with van der Waals surface area (Å²) >= 11 is 0. The Bertz CT molecular complexity index is 892. The van der Waals surface area contributed by atoms with Crippen molar-refractivity contribution in [1.29, 1.82) is 5.26 Å².